The summed E-state index contributed by atoms with van der Waals surface area (Å²) in [4.78, 5) is 25.5. The Kier molecular flexibility index (Phi) is 7.12. The lowest BCUT2D eigenvalue weighted by Gasteiger charge is -2.29. The van der Waals surface area contributed by atoms with Gasteiger partial charge in [0.25, 0.3) is 5.91 Å². The zero-order valence-electron chi connectivity index (χ0n) is 23.3. The van der Waals surface area contributed by atoms with Gasteiger partial charge in [-0.1, -0.05) is 47.5 Å². The molecule has 2 fully saturated rings. The number of fused-ring (bicyclic) bond motifs is 4. The van der Waals surface area contributed by atoms with Gasteiger partial charge in [0.05, 0.1) is 21.8 Å². The third-order valence-electron chi connectivity index (χ3n) is 9.35. The van der Waals surface area contributed by atoms with Crippen molar-refractivity contribution in [3.63, 3.8) is 0 Å². The van der Waals surface area contributed by atoms with Crippen molar-refractivity contribution in [1.82, 2.24) is 14.9 Å². The number of rotatable bonds is 4. The number of amides is 1. The summed E-state index contributed by atoms with van der Waals surface area (Å²) >= 11 is 12.5. The Morgan fingerprint density at radius 3 is 2.63 bits per heavy atom. The van der Waals surface area contributed by atoms with Crippen molar-refractivity contribution in [1.29, 1.82) is 0 Å². The van der Waals surface area contributed by atoms with Gasteiger partial charge in [-0.3, -0.25) is 4.79 Å². The first-order valence-corrected chi connectivity index (χ1v) is 15.6. The highest BCUT2D eigenvalue weighted by Gasteiger charge is 2.41. The molecular formula is C34H34Cl2N4O. The molecule has 4 aromatic rings. The summed E-state index contributed by atoms with van der Waals surface area (Å²) in [5.74, 6) is 0.675. The first kappa shape index (κ1) is 26.7. The van der Waals surface area contributed by atoms with Gasteiger partial charge in [-0.2, -0.15) is 0 Å². The van der Waals surface area contributed by atoms with E-state index in [2.05, 4.69) is 53.5 Å². The number of benzene rings is 3. The van der Waals surface area contributed by atoms with Crippen LogP contribution in [0.25, 0.3) is 22.0 Å². The van der Waals surface area contributed by atoms with Gasteiger partial charge < -0.3 is 10.2 Å². The second-order valence-electron chi connectivity index (χ2n) is 11.9. The lowest BCUT2D eigenvalue weighted by Crippen LogP contribution is -2.41. The number of hydrogen-bond acceptors (Lipinski definition) is 4. The lowest BCUT2D eigenvalue weighted by atomic mass is 9.86. The van der Waals surface area contributed by atoms with E-state index in [1.165, 1.54) is 41.5 Å². The molecule has 3 heterocycles. The van der Waals surface area contributed by atoms with Gasteiger partial charge >= 0.3 is 0 Å². The Bertz CT molecular complexity index is 1650. The van der Waals surface area contributed by atoms with Crippen molar-refractivity contribution in [3.8, 4) is 11.1 Å². The van der Waals surface area contributed by atoms with Crippen LogP contribution in [0.15, 0.2) is 54.6 Å². The van der Waals surface area contributed by atoms with Gasteiger partial charge in [0, 0.05) is 28.5 Å². The Labute approximate surface area is 251 Å². The number of hydrogen-bond donors (Lipinski definition) is 1. The van der Waals surface area contributed by atoms with Crippen LogP contribution in [0.3, 0.4) is 0 Å². The topological polar surface area (TPSA) is 58.1 Å². The molecular weight excluding hydrogens is 551 g/mol. The average Bonchev–Trinajstić information content (AvgIpc) is 3.28. The van der Waals surface area contributed by atoms with Gasteiger partial charge in [-0.25, -0.2) is 9.97 Å². The molecule has 1 aromatic heterocycles. The van der Waals surface area contributed by atoms with Gasteiger partial charge in [0.2, 0.25) is 5.95 Å². The largest absolute Gasteiger partial charge is 0.351 e. The monoisotopic (exact) mass is 584 g/mol. The maximum atomic E-state index is 13.6. The Balaban J connectivity index is 1.11. The maximum Gasteiger partial charge on any atom is 0.255 e. The molecule has 1 aliphatic carbocycles. The molecule has 1 amide bonds. The summed E-state index contributed by atoms with van der Waals surface area (Å²) in [5.41, 5.74) is 8.06. The van der Waals surface area contributed by atoms with Crippen LogP contribution in [0.4, 0.5) is 5.95 Å². The predicted molar refractivity (Wildman–Crippen MR) is 167 cm³/mol. The third-order valence-corrected chi connectivity index (χ3v) is 9.90. The van der Waals surface area contributed by atoms with Gasteiger partial charge in [-0.15, -0.1) is 0 Å². The standard InChI is InChI=1S/C34H34Cl2N4O/c1-20-30-17-22(28-8-4-6-21-5-2-3-7-27(21)28)9-16-32(30)39-34(37-20)38-24-11-12-25-13-14-26(19-24)40(25)33(41)29-15-10-23(35)18-31(29)36/h4,6,8-10,15-18,24-26H,2-3,5,7,11-14,19H2,1H3,(H,37,38,39)/t24-,25+,26+/m1/s1. The number of anilines is 1. The number of carbonyl (C=O) groups excluding carboxylic acids is 1. The summed E-state index contributed by atoms with van der Waals surface area (Å²) in [6.07, 6.45) is 9.70. The van der Waals surface area contributed by atoms with E-state index in [-0.39, 0.29) is 24.0 Å². The molecule has 3 atom stereocenters. The molecule has 41 heavy (non-hydrogen) atoms. The molecule has 0 saturated carbocycles. The van der Waals surface area contributed by atoms with E-state index in [1.807, 2.05) is 0 Å². The number of carbonyl (C=O) groups is 1. The second kappa shape index (κ2) is 10.9. The van der Waals surface area contributed by atoms with Crippen molar-refractivity contribution < 1.29 is 4.79 Å². The highest BCUT2D eigenvalue weighted by molar-refractivity contribution is 6.36. The van der Waals surface area contributed by atoms with Crippen molar-refractivity contribution in [2.45, 2.75) is 82.8 Å². The third kappa shape index (κ3) is 5.08. The molecule has 2 aliphatic heterocycles. The van der Waals surface area contributed by atoms with Crippen molar-refractivity contribution >= 4 is 46.0 Å². The Hall–Kier alpha value is -3.15. The summed E-state index contributed by atoms with van der Waals surface area (Å²) in [5, 5.41) is 5.69. The number of halogens is 2. The molecule has 1 N–H and O–H groups in total. The quantitative estimate of drug-likeness (QED) is 0.261. The molecule has 2 bridgehead atoms. The smallest absolute Gasteiger partial charge is 0.255 e. The number of aromatic nitrogens is 2. The summed E-state index contributed by atoms with van der Waals surface area (Å²) in [7, 11) is 0. The van der Waals surface area contributed by atoms with Gasteiger partial charge in [-0.05, 0) is 117 Å². The highest BCUT2D eigenvalue weighted by Crippen LogP contribution is 2.38. The highest BCUT2D eigenvalue weighted by atomic mass is 35.5. The van der Waals surface area contributed by atoms with Crippen LogP contribution in [0.5, 0.6) is 0 Å². The van der Waals surface area contributed by atoms with E-state index in [1.54, 1.807) is 18.2 Å². The van der Waals surface area contributed by atoms with Crippen molar-refractivity contribution in [2.24, 2.45) is 0 Å². The van der Waals surface area contributed by atoms with Gasteiger partial charge in [0.15, 0.2) is 0 Å². The van der Waals surface area contributed by atoms with E-state index in [4.69, 9.17) is 33.2 Å². The molecule has 0 radical (unpaired) electrons. The van der Waals surface area contributed by atoms with Crippen LogP contribution in [0, 0.1) is 6.92 Å². The van der Waals surface area contributed by atoms with Crippen LogP contribution >= 0.6 is 23.2 Å². The fourth-order valence-corrected chi connectivity index (χ4v) is 7.82. The fourth-order valence-electron chi connectivity index (χ4n) is 7.33. The first-order chi connectivity index (χ1) is 19.9. The summed E-state index contributed by atoms with van der Waals surface area (Å²) in [6, 6.07) is 19.1. The zero-order valence-corrected chi connectivity index (χ0v) is 24.8. The number of nitrogens with one attached hydrogen (secondary N) is 1. The van der Waals surface area contributed by atoms with E-state index in [9.17, 15) is 4.79 Å². The molecule has 2 saturated heterocycles. The van der Waals surface area contributed by atoms with E-state index in [0.717, 1.165) is 55.1 Å². The SMILES string of the molecule is Cc1nc(N[C@@H]2CC[C@H]3CC[C@@H](C2)N3C(=O)c2ccc(Cl)cc2Cl)nc2ccc(-c3cccc4c3CCCC4)cc12. The van der Waals surface area contributed by atoms with E-state index in [0.29, 0.717) is 21.6 Å². The van der Waals surface area contributed by atoms with E-state index < -0.39 is 0 Å². The zero-order chi connectivity index (χ0) is 28.1. The maximum absolute atomic E-state index is 13.6. The predicted octanol–water partition coefficient (Wildman–Crippen LogP) is 8.43. The molecule has 7 rings (SSSR count). The second-order valence-corrected chi connectivity index (χ2v) is 12.7. The molecule has 210 valence electrons. The first-order valence-electron chi connectivity index (χ1n) is 14.9. The number of aryl methyl sites for hydroxylation is 2. The van der Waals surface area contributed by atoms with Crippen LogP contribution < -0.4 is 5.32 Å². The van der Waals surface area contributed by atoms with E-state index >= 15 is 0 Å². The minimum Gasteiger partial charge on any atom is -0.351 e. The van der Waals surface area contributed by atoms with Crippen LogP contribution in [0.1, 0.15) is 72.1 Å². The summed E-state index contributed by atoms with van der Waals surface area (Å²) < 4.78 is 0. The lowest BCUT2D eigenvalue weighted by molar-refractivity contribution is 0.0670. The normalized spacial score (nSPS) is 21.9. The van der Waals surface area contributed by atoms with Gasteiger partial charge in [0.1, 0.15) is 0 Å². The Morgan fingerprint density at radius 1 is 0.927 bits per heavy atom. The molecule has 0 unspecified atom stereocenters. The minimum atomic E-state index is 0.00750. The van der Waals surface area contributed by atoms with Crippen molar-refractivity contribution in [2.75, 3.05) is 5.32 Å². The molecule has 7 heteroatoms. The fraction of sp³-hybridized carbons (Fsp3) is 0.382. The summed E-state index contributed by atoms with van der Waals surface area (Å²) in [6.45, 7) is 2.07. The van der Waals surface area contributed by atoms with Crippen molar-refractivity contribution in [3.05, 3.63) is 87.0 Å². The Morgan fingerprint density at radius 2 is 1.76 bits per heavy atom. The minimum absolute atomic E-state index is 0.00750. The molecule has 5 nitrogen and oxygen atoms in total. The van der Waals surface area contributed by atoms with Crippen LogP contribution in [0.2, 0.25) is 10.0 Å². The molecule has 3 aromatic carbocycles. The van der Waals surface area contributed by atoms with Crippen LogP contribution in [-0.2, 0) is 12.8 Å². The molecule has 0 spiro atoms. The average molecular weight is 586 g/mol. The molecule has 3 aliphatic rings. The number of nitrogens with zero attached hydrogens (tertiary/aromatic N) is 3. The van der Waals surface area contributed by atoms with Crippen LogP contribution in [-0.4, -0.2) is 38.9 Å².